The molecule has 5 nitrogen and oxygen atoms in total. The lowest BCUT2D eigenvalue weighted by Crippen LogP contribution is -2.44. The maximum absolute atomic E-state index is 13.3. The largest absolute Gasteiger partial charge is 0.368 e. The predicted octanol–water partition coefficient (Wildman–Crippen LogP) is 0.852. The van der Waals surface area contributed by atoms with Crippen LogP contribution in [-0.2, 0) is 4.79 Å². The molecule has 0 aliphatic heterocycles. The molecule has 1 rings (SSSR count). The van der Waals surface area contributed by atoms with Gasteiger partial charge >= 0.3 is 0 Å². The average Bonchev–Trinajstić information content (AvgIpc) is 2.33. The van der Waals surface area contributed by atoms with E-state index in [-0.39, 0.29) is 12.8 Å². The first-order chi connectivity index (χ1) is 8.95. The van der Waals surface area contributed by atoms with Gasteiger partial charge in [0.05, 0.1) is 11.6 Å². The molecule has 1 atom stereocenters. The molecule has 100 valence electrons. The van der Waals surface area contributed by atoms with Gasteiger partial charge in [-0.2, -0.15) is 5.26 Å². The predicted molar refractivity (Wildman–Crippen MR) is 61.7 cm³/mol. The molecule has 0 saturated carbocycles. The van der Waals surface area contributed by atoms with Gasteiger partial charge in [-0.25, -0.2) is 8.78 Å². The van der Waals surface area contributed by atoms with Gasteiger partial charge in [0, 0.05) is 12.5 Å². The first kappa shape index (κ1) is 14.6. The zero-order chi connectivity index (χ0) is 14.4. The molecule has 0 heterocycles. The van der Waals surface area contributed by atoms with Crippen LogP contribution in [0.15, 0.2) is 18.2 Å². The smallest absolute Gasteiger partial charge is 0.254 e. The fourth-order valence-corrected chi connectivity index (χ4v) is 1.40. The summed E-state index contributed by atoms with van der Waals surface area (Å²) in [7, 11) is 0. The molecule has 7 heteroatoms. The van der Waals surface area contributed by atoms with Gasteiger partial charge < -0.3 is 11.1 Å². The number of nitrogens with two attached hydrogens (primary N) is 1. The quantitative estimate of drug-likeness (QED) is 0.827. The molecule has 0 aliphatic carbocycles. The van der Waals surface area contributed by atoms with Gasteiger partial charge in [0.15, 0.2) is 0 Å². The molecule has 0 fully saturated rings. The van der Waals surface area contributed by atoms with Crippen molar-refractivity contribution >= 4 is 11.8 Å². The Hall–Kier alpha value is -2.49. The Morgan fingerprint density at radius 1 is 1.42 bits per heavy atom. The highest BCUT2D eigenvalue weighted by Crippen LogP contribution is 2.10. The molecular weight excluding hydrogens is 256 g/mol. The molecule has 0 spiro atoms. The molecule has 0 unspecified atom stereocenters. The maximum Gasteiger partial charge on any atom is 0.254 e. The van der Waals surface area contributed by atoms with Crippen LogP contribution in [0.4, 0.5) is 8.78 Å². The van der Waals surface area contributed by atoms with Crippen LogP contribution in [0.25, 0.3) is 0 Å². The number of hydrogen-bond donors (Lipinski definition) is 2. The van der Waals surface area contributed by atoms with Crippen LogP contribution in [0.3, 0.4) is 0 Å². The first-order valence-corrected chi connectivity index (χ1v) is 5.38. The van der Waals surface area contributed by atoms with E-state index < -0.39 is 35.1 Å². The number of carbonyl (C=O) groups is 2. The molecule has 0 aromatic heterocycles. The fourth-order valence-electron chi connectivity index (χ4n) is 1.40. The van der Waals surface area contributed by atoms with Crippen molar-refractivity contribution < 1.29 is 18.4 Å². The van der Waals surface area contributed by atoms with Gasteiger partial charge in [-0.3, -0.25) is 9.59 Å². The maximum atomic E-state index is 13.3. The minimum atomic E-state index is -1.07. The van der Waals surface area contributed by atoms with Gasteiger partial charge in [-0.05, 0) is 18.6 Å². The van der Waals surface area contributed by atoms with Crippen molar-refractivity contribution in [3.63, 3.8) is 0 Å². The van der Waals surface area contributed by atoms with Crippen LogP contribution in [0.5, 0.6) is 0 Å². The topological polar surface area (TPSA) is 96.0 Å². The van der Waals surface area contributed by atoms with Gasteiger partial charge in [-0.15, -0.1) is 0 Å². The number of halogens is 2. The van der Waals surface area contributed by atoms with Crippen molar-refractivity contribution in [2.45, 2.75) is 18.9 Å². The highest BCUT2D eigenvalue weighted by molar-refractivity contribution is 5.97. The summed E-state index contributed by atoms with van der Waals surface area (Å²) in [5, 5.41) is 10.6. The van der Waals surface area contributed by atoms with Crippen LogP contribution >= 0.6 is 0 Å². The second-order valence-corrected chi connectivity index (χ2v) is 3.75. The number of nitriles is 1. The van der Waals surface area contributed by atoms with Gasteiger partial charge in [0.2, 0.25) is 5.91 Å². The van der Waals surface area contributed by atoms with Crippen LogP contribution < -0.4 is 11.1 Å². The number of carbonyl (C=O) groups excluding carboxylic acids is 2. The minimum absolute atomic E-state index is 0.0137. The van der Waals surface area contributed by atoms with E-state index in [2.05, 4.69) is 5.32 Å². The second kappa shape index (κ2) is 6.44. The number of primary amides is 1. The Kier molecular flexibility index (Phi) is 4.94. The Labute approximate surface area is 108 Å². The van der Waals surface area contributed by atoms with Crippen LogP contribution in [0, 0.1) is 23.0 Å². The van der Waals surface area contributed by atoms with Gasteiger partial charge in [0.25, 0.3) is 5.91 Å². The molecular formula is C12H11F2N3O2. The summed E-state index contributed by atoms with van der Waals surface area (Å²) in [6, 6.07) is 3.17. The summed E-state index contributed by atoms with van der Waals surface area (Å²) in [6.07, 6.45) is 0.0418. The normalized spacial score (nSPS) is 11.4. The lowest BCUT2D eigenvalue weighted by atomic mass is 10.1. The molecule has 0 radical (unpaired) electrons. The van der Waals surface area contributed by atoms with Crippen LogP contribution in [0.1, 0.15) is 23.2 Å². The Bertz CT molecular complexity index is 540. The van der Waals surface area contributed by atoms with Crippen molar-refractivity contribution in [3.05, 3.63) is 35.4 Å². The molecule has 1 aromatic carbocycles. The molecule has 0 aliphatic rings. The summed E-state index contributed by atoms with van der Waals surface area (Å²) in [4.78, 5) is 22.7. The van der Waals surface area contributed by atoms with Gasteiger partial charge in [0.1, 0.15) is 17.7 Å². The van der Waals surface area contributed by atoms with Gasteiger partial charge in [-0.1, -0.05) is 0 Å². The highest BCUT2D eigenvalue weighted by Gasteiger charge is 2.20. The molecule has 19 heavy (non-hydrogen) atoms. The number of benzene rings is 1. The van der Waals surface area contributed by atoms with E-state index in [1.807, 2.05) is 0 Å². The number of amides is 2. The van der Waals surface area contributed by atoms with E-state index in [1.165, 1.54) is 0 Å². The van der Waals surface area contributed by atoms with E-state index in [4.69, 9.17) is 11.0 Å². The zero-order valence-corrected chi connectivity index (χ0v) is 9.82. The van der Waals surface area contributed by atoms with E-state index in [1.54, 1.807) is 6.07 Å². The summed E-state index contributed by atoms with van der Waals surface area (Å²) in [5.74, 6) is -3.57. The van der Waals surface area contributed by atoms with Crippen molar-refractivity contribution in [2.75, 3.05) is 0 Å². The van der Waals surface area contributed by atoms with Crippen molar-refractivity contribution in [1.29, 1.82) is 5.26 Å². The SMILES string of the molecule is N#CCC[C@H](NC(=O)c1ccc(F)cc1F)C(N)=O. The Morgan fingerprint density at radius 3 is 2.63 bits per heavy atom. The number of nitrogens with zero attached hydrogens (tertiary/aromatic N) is 1. The van der Waals surface area contributed by atoms with E-state index in [0.29, 0.717) is 6.07 Å². The third kappa shape index (κ3) is 4.03. The number of hydrogen-bond acceptors (Lipinski definition) is 3. The third-order valence-corrected chi connectivity index (χ3v) is 2.37. The molecule has 1 aromatic rings. The highest BCUT2D eigenvalue weighted by atomic mass is 19.1. The van der Waals surface area contributed by atoms with E-state index in [9.17, 15) is 18.4 Å². The van der Waals surface area contributed by atoms with E-state index >= 15 is 0 Å². The standard InChI is InChI=1S/C12H11F2N3O2/c13-7-3-4-8(9(14)6-7)12(19)17-10(11(16)18)2-1-5-15/h3-4,6,10H,1-2H2,(H2,16,18)(H,17,19)/t10-/m0/s1. The number of rotatable bonds is 5. The van der Waals surface area contributed by atoms with Crippen LogP contribution in [-0.4, -0.2) is 17.9 Å². The van der Waals surface area contributed by atoms with Crippen molar-refractivity contribution in [2.24, 2.45) is 5.73 Å². The lowest BCUT2D eigenvalue weighted by molar-refractivity contribution is -0.119. The summed E-state index contributed by atoms with van der Waals surface area (Å²) >= 11 is 0. The lowest BCUT2D eigenvalue weighted by Gasteiger charge is -2.14. The summed E-state index contributed by atoms with van der Waals surface area (Å²) in [6.45, 7) is 0. The number of nitrogens with one attached hydrogen (secondary N) is 1. The molecule has 3 N–H and O–H groups in total. The Morgan fingerprint density at radius 2 is 2.11 bits per heavy atom. The first-order valence-electron chi connectivity index (χ1n) is 5.38. The molecule has 0 bridgehead atoms. The average molecular weight is 267 g/mol. The van der Waals surface area contributed by atoms with Crippen LogP contribution in [0.2, 0.25) is 0 Å². The Balaban J connectivity index is 2.82. The monoisotopic (exact) mass is 267 g/mol. The minimum Gasteiger partial charge on any atom is -0.368 e. The molecule has 0 saturated heterocycles. The fraction of sp³-hybridized carbons (Fsp3) is 0.250. The second-order valence-electron chi connectivity index (χ2n) is 3.75. The summed E-state index contributed by atoms with van der Waals surface area (Å²) < 4.78 is 26.0. The van der Waals surface area contributed by atoms with Crippen molar-refractivity contribution in [1.82, 2.24) is 5.32 Å². The summed E-state index contributed by atoms with van der Waals surface area (Å²) in [5.41, 5.74) is 4.65. The zero-order valence-electron chi connectivity index (χ0n) is 9.82. The third-order valence-electron chi connectivity index (χ3n) is 2.37. The van der Waals surface area contributed by atoms with Crippen molar-refractivity contribution in [3.8, 4) is 6.07 Å². The molecule has 2 amide bonds. The van der Waals surface area contributed by atoms with E-state index in [0.717, 1.165) is 12.1 Å².